The molecule has 0 aliphatic heterocycles. The second-order valence-electron chi connectivity index (χ2n) is 2.09. The summed E-state index contributed by atoms with van der Waals surface area (Å²) in [6, 6.07) is 0. The van der Waals surface area contributed by atoms with Crippen LogP contribution in [0, 0.1) is 0 Å². The summed E-state index contributed by atoms with van der Waals surface area (Å²) < 4.78 is 5.04. The summed E-state index contributed by atoms with van der Waals surface area (Å²) in [7, 11) is 0. The zero-order chi connectivity index (χ0) is 7.82. The van der Waals surface area contributed by atoms with E-state index in [0.29, 0.717) is 19.6 Å². The Morgan fingerprint density at radius 3 is 2.60 bits per heavy atom. The summed E-state index contributed by atoms with van der Waals surface area (Å²) in [4.78, 5) is 9.87. The molecule has 10 heavy (non-hydrogen) atoms. The summed E-state index contributed by atoms with van der Waals surface area (Å²) in [6.07, 6.45) is 1.64. The Kier molecular flexibility index (Phi) is 6.18. The van der Waals surface area contributed by atoms with Crippen LogP contribution in [-0.2, 0) is 14.6 Å². The molecular formula is C7H13O3. The fraction of sp³-hybridized carbons (Fsp3) is 0.857. The highest BCUT2D eigenvalue weighted by molar-refractivity contribution is 5.66. The first-order valence-electron chi connectivity index (χ1n) is 3.55. The van der Waals surface area contributed by atoms with E-state index < -0.39 is 5.97 Å². The number of ether oxygens (including phenoxy) is 1. The molecular weight excluding hydrogens is 132 g/mol. The Balaban J connectivity index is 2.84. The minimum atomic E-state index is -1.000. The molecule has 59 valence electrons. The van der Waals surface area contributed by atoms with Gasteiger partial charge in [-0.25, -0.2) is 9.90 Å². The third-order valence-corrected chi connectivity index (χ3v) is 1.02. The van der Waals surface area contributed by atoms with Gasteiger partial charge in [0, 0.05) is 13.2 Å². The zero-order valence-electron chi connectivity index (χ0n) is 6.26. The number of hydrogen-bond acceptors (Lipinski definition) is 2. The lowest BCUT2D eigenvalue weighted by molar-refractivity contribution is -0.143. The largest absolute Gasteiger partial charge is 0.381 e. The normalized spacial score (nSPS) is 9.70. The summed E-state index contributed by atoms with van der Waals surface area (Å²) in [6.45, 7) is 3.26. The molecule has 0 amide bonds. The van der Waals surface area contributed by atoms with E-state index in [0.717, 1.165) is 6.42 Å². The first-order chi connectivity index (χ1) is 4.77. The van der Waals surface area contributed by atoms with Crippen molar-refractivity contribution in [3.8, 4) is 0 Å². The van der Waals surface area contributed by atoms with Crippen molar-refractivity contribution in [1.29, 1.82) is 0 Å². The molecule has 0 saturated heterocycles. The van der Waals surface area contributed by atoms with Gasteiger partial charge < -0.3 is 4.74 Å². The molecule has 0 aromatic rings. The molecule has 1 radical (unpaired) electrons. The number of carbonyl (C=O) groups excluding carboxylic acids is 1. The maximum absolute atomic E-state index is 9.87. The van der Waals surface area contributed by atoms with Crippen molar-refractivity contribution < 1.29 is 14.6 Å². The van der Waals surface area contributed by atoms with Crippen LogP contribution < -0.4 is 0 Å². The van der Waals surface area contributed by atoms with Crippen molar-refractivity contribution in [2.75, 3.05) is 13.2 Å². The fourth-order valence-corrected chi connectivity index (χ4v) is 0.565. The van der Waals surface area contributed by atoms with Crippen LogP contribution in [0.1, 0.15) is 26.2 Å². The Morgan fingerprint density at radius 2 is 2.10 bits per heavy atom. The van der Waals surface area contributed by atoms with Crippen LogP contribution in [0.5, 0.6) is 0 Å². The molecule has 0 aliphatic rings. The van der Waals surface area contributed by atoms with Crippen molar-refractivity contribution in [2.45, 2.75) is 26.2 Å². The number of carbonyl (C=O) groups is 1. The minimum absolute atomic E-state index is 0.101. The average Bonchev–Trinajstić information content (AvgIpc) is 1.87. The maximum Gasteiger partial charge on any atom is 0.355 e. The highest BCUT2D eigenvalue weighted by atomic mass is 16.5. The van der Waals surface area contributed by atoms with Gasteiger partial charge in [0.25, 0.3) is 0 Å². The molecule has 0 aromatic carbocycles. The fourth-order valence-electron chi connectivity index (χ4n) is 0.565. The Morgan fingerprint density at radius 1 is 1.40 bits per heavy atom. The summed E-state index contributed by atoms with van der Waals surface area (Å²) in [5, 5.41) is 9.87. The van der Waals surface area contributed by atoms with Crippen LogP contribution in [-0.4, -0.2) is 19.2 Å². The topological polar surface area (TPSA) is 46.2 Å². The lowest BCUT2D eigenvalue weighted by Gasteiger charge is -1.97. The Labute approximate surface area is 61.0 Å². The molecule has 0 bridgehead atoms. The second kappa shape index (κ2) is 6.55. The Hall–Kier alpha value is -0.570. The van der Waals surface area contributed by atoms with Gasteiger partial charge in [0.2, 0.25) is 0 Å². The minimum Gasteiger partial charge on any atom is -0.381 e. The lowest BCUT2D eigenvalue weighted by Crippen LogP contribution is -1.99. The molecule has 0 fully saturated rings. The van der Waals surface area contributed by atoms with Crippen LogP contribution >= 0.6 is 0 Å². The Bertz CT molecular complexity index is 90.9. The maximum atomic E-state index is 9.87. The summed E-state index contributed by atoms with van der Waals surface area (Å²) in [5.41, 5.74) is 0. The van der Waals surface area contributed by atoms with E-state index in [9.17, 15) is 9.90 Å². The van der Waals surface area contributed by atoms with E-state index >= 15 is 0 Å². The molecule has 0 spiro atoms. The van der Waals surface area contributed by atoms with E-state index in [2.05, 4.69) is 0 Å². The zero-order valence-corrected chi connectivity index (χ0v) is 6.26. The van der Waals surface area contributed by atoms with E-state index in [1.165, 1.54) is 0 Å². The van der Waals surface area contributed by atoms with Crippen molar-refractivity contribution in [1.82, 2.24) is 0 Å². The van der Waals surface area contributed by atoms with Gasteiger partial charge in [-0.05, 0) is 12.8 Å². The number of hydrogen-bond donors (Lipinski definition) is 0. The molecule has 0 heterocycles. The van der Waals surface area contributed by atoms with E-state index in [-0.39, 0.29) is 6.42 Å². The smallest absolute Gasteiger partial charge is 0.355 e. The number of rotatable bonds is 6. The van der Waals surface area contributed by atoms with Crippen LogP contribution in [0.2, 0.25) is 0 Å². The van der Waals surface area contributed by atoms with Crippen LogP contribution in [0.15, 0.2) is 0 Å². The van der Waals surface area contributed by atoms with Gasteiger partial charge in [0.1, 0.15) is 0 Å². The third kappa shape index (κ3) is 7.43. The lowest BCUT2D eigenvalue weighted by atomic mass is 10.3. The first kappa shape index (κ1) is 9.43. The molecule has 0 unspecified atom stereocenters. The highest BCUT2D eigenvalue weighted by Crippen LogP contribution is 1.90. The van der Waals surface area contributed by atoms with Crippen molar-refractivity contribution in [3.63, 3.8) is 0 Å². The predicted octanol–water partition coefficient (Wildman–Crippen LogP) is 1.15. The average molecular weight is 145 g/mol. The van der Waals surface area contributed by atoms with Gasteiger partial charge >= 0.3 is 5.97 Å². The van der Waals surface area contributed by atoms with Gasteiger partial charge in [0.15, 0.2) is 0 Å². The monoisotopic (exact) mass is 145 g/mol. The van der Waals surface area contributed by atoms with E-state index in [4.69, 9.17) is 4.74 Å². The van der Waals surface area contributed by atoms with Gasteiger partial charge in [0.05, 0.1) is 6.42 Å². The molecule has 0 saturated carbocycles. The molecule has 0 atom stereocenters. The SMILES string of the molecule is CCCOCCCC([O])=O. The molecule has 3 nitrogen and oxygen atoms in total. The molecule has 0 rings (SSSR count). The van der Waals surface area contributed by atoms with Gasteiger partial charge in [-0.1, -0.05) is 6.92 Å². The first-order valence-corrected chi connectivity index (χ1v) is 3.55. The third-order valence-electron chi connectivity index (χ3n) is 1.02. The van der Waals surface area contributed by atoms with Crippen LogP contribution in [0.25, 0.3) is 0 Å². The van der Waals surface area contributed by atoms with Gasteiger partial charge in [-0.3, -0.25) is 0 Å². The molecule has 3 heteroatoms. The second-order valence-corrected chi connectivity index (χ2v) is 2.09. The summed E-state index contributed by atoms with van der Waals surface area (Å²) >= 11 is 0. The molecule has 0 aliphatic carbocycles. The molecule has 0 N–H and O–H groups in total. The highest BCUT2D eigenvalue weighted by Gasteiger charge is 1.97. The van der Waals surface area contributed by atoms with Crippen LogP contribution in [0.4, 0.5) is 0 Å². The quantitative estimate of drug-likeness (QED) is 0.526. The standard InChI is InChI=1S/C7H13O3/c1-2-5-10-6-3-4-7(8)9/h2-6H2,1H3. The van der Waals surface area contributed by atoms with E-state index in [1.807, 2.05) is 6.92 Å². The predicted molar refractivity (Wildman–Crippen MR) is 36.0 cm³/mol. The summed E-state index contributed by atoms with van der Waals surface area (Å²) in [5.74, 6) is -1.000. The van der Waals surface area contributed by atoms with Crippen LogP contribution in [0.3, 0.4) is 0 Å². The molecule has 0 aromatic heterocycles. The van der Waals surface area contributed by atoms with E-state index in [1.54, 1.807) is 0 Å². The van der Waals surface area contributed by atoms with Crippen molar-refractivity contribution in [2.24, 2.45) is 0 Å². The van der Waals surface area contributed by atoms with Gasteiger partial charge in [-0.15, -0.1) is 0 Å². The van der Waals surface area contributed by atoms with Crippen molar-refractivity contribution in [3.05, 3.63) is 0 Å². The van der Waals surface area contributed by atoms with Gasteiger partial charge in [-0.2, -0.15) is 0 Å². The van der Waals surface area contributed by atoms with Crippen molar-refractivity contribution >= 4 is 5.97 Å².